The van der Waals surface area contributed by atoms with Crippen molar-refractivity contribution in [1.29, 1.82) is 0 Å². The molecule has 0 unspecified atom stereocenters. The second-order valence-electron chi connectivity index (χ2n) is 5.44. The first-order valence-electron chi connectivity index (χ1n) is 7.07. The molecule has 2 N–H and O–H groups in total. The van der Waals surface area contributed by atoms with E-state index in [-0.39, 0.29) is 11.9 Å². The maximum Gasteiger partial charge on any atom is 0.141 e. The Morgan fingerprint density at radius 3 is 2.67 bits per heavy atom. The van der Waals surface area contributed by atoms with Crippen molar-refractivity contribution in [3.8, 4) is 11.4 Å². The van der Waals surface area contributed by atoms with E-state index in [1.807, 2.05) is 24.3 Å². The second kappa shape index (κ2) is 5.30. The quantitative estimate of drug-likeness (QED) is 0.792. The summed E-state index contributed by atoms with van der Waals surface area (Å²) in [7, 11) is 0. The highest BCUT2D eigenvalue weighted by molar-refractivity contribution is 5.81. The maximum absolute atomic E-state index is 13.5. The summed E-state index contributed by atoms with van der Waals surface area (Å²) in [5, 5.41) is 0. The largest absolute Gasteiger partial charge is 0.326 e. The molecule has 0 saturated heterocycles. The molecule has 0 radical (unpaired) electrons. The molecule has 4 heteroatoms. The lowest BCUT2D eigenvalue weighted by Crippen LogP contribution is -2.03. The molecule has 108 valence electrons. The van der Waals surface area contributed by atoms with Gasteiger partial charge in [0, 0.05) is 18.2 Å². The number of rotatable bonds is 3. The van der Waals surface area contributed by atoms with Crippen molar-refractivity contribution in [3.63, 3.8) is 0 Å². The van der Waals surface area contributed by atoms with Gasteiger partial charge in [0.15, 0.2) is 0 Å². The van der Waals surface area contributed by atoms with Crippen LogP contribution >= 0.6 is 0 Å². The number of aromatic nitrogens is 2. The number of benzene rings is 2. The van der Waals surface area contributed by atoms with Crippen molar-refractivity contribution in [2.24, 2.45) is 5.73 Å². The van der Waals surface area contributed by atoms with Crippen molar-refractivity contribution in [1.82, 2.24) is 9.55 Å². The fourth-order valence-corrected chi connectivity index (χ4v) is 2.63. The average Bonchev–Trinajstić information content (AvgIpc) is 2.85. The summed E-state index contributed by atoms with van der Waals surface area (Å²) < 4.78 is 15.6. The van der Waals surface area contributed by atoms with Crippen LogP contribution in [-0.4, -0.2) is 9.55 Å². The summed E-state index contributed by atoms with van der Waals surface area (Å²) in [5.41, 5.74) is 9.46. The van der Waals surface area contributed by atoms with Gasteiger partial charge in [-0.1, -0.05) is 18.2 Å². The van der Waals surface area contributed by atoms with Gasteiger partial charge in [-0.15, -0.1) is 0 Å². The monoisotopic (exact) mass is 283 g/mol. The third-order valence-electron chi connectivity index (χ3n) is 3.59. The van der Waals surface area contributed by atoms with Crippen LogP contribution in [0.2, 0.25) is 0 Å². The van der Waals surface area contributed by atoms with Crippen LogP contribution < -0.4 is 5.73 Å². The maximum atomic E-state index is 13.5. The Hall–Kier alpha value is -2.20. The van der Waals surface area contributed by atoms with Crippen LogP contribution in [0.4, 0.5) is 4.39 Å². The summed E-state index contributed by atoms with van der Waals surface area (Å²) in [6.07, 6.45) is 0. The molecule has 3 aromatic rings. The Morgan fingerprint density at radius 2 is 2.00 bits per heavy atom. The molecule has 0 aliphatic rings. The zero-order valence-electron chi connectivity index (χ0n) is 12.2. The van der Waals surface area contributed by atoms with Crippen LogP contribution in [0, 0.1) is 5.82 Å². The van der Waals surface area contributed by atoms with E-state index >= 15 is 0 Å². The summed E-state index contributed by atoms with van der Waals surface area (Å²) in [5.74, 6) is 0.534. The highest BCUT2D eigenvalue weighted by atomic mass is 19.1. The third kappa shape index (κ3) is 2.43. The topological polar surface area (TPSA) is 43.8 Å². The molecule has 0 saturated carbocycles. The van der Waals surface area contributed by atoms with Crippen molar-refractivity contribution < 1.29 is 4.39 Å². The zero-order valence-corrected chi connectivity index (χ0v) is 12.2. The van der Waals surface area contributed by atoms with Gasteiger partial charge in [-0.3, -0.25) is 0 Å². The lowest BCUT2D eigenvalue weighted by Gasteiger charge is -2.13. The molecule has 2 aromatic carbocycles. The number of hydrogen-bond donors (Lipinski definition) is 1. The van der Waals surface area contributed by atoms with E-state index < -0.39 is 0 Å². The molecule has 0 atom stereocenters. The van der Waals surface area contributed by atoms with Crippen molar-refractivity contribution in [2.75, 3.05) is 0 Å². The lowest BCUT2D eigenvalue weighted by atomic mass is 10.2. The summed E-state index contributed by atoms with van der Waals surface area (Å²) >= 11 is 0. The standard InChI is InChI=1S/C17H18FN3/c1-11(2)21-16-7-6-12(10-19)8-15(16)20-17(21)13-4-3-5-14(18)9-13/h3-9,11H,10,19H2,1-2H3. The minimum absolute atomic E-state index is 0.233. The minimum Gasteiger partial charge on any atom is -0.326 e. The lowest BCUT2D eigenvalue weighted by molar-refractivity contribution is 0.618. The second-order valence-corrected chi connectivity index (χ2v) is 5.44. The average molecular weight is 283 g/mol. The third-order valence-corrected chi connectivity index (χ3v) is 3.59. The molecular weight excluding hydrogens is 265 g/mol. The van der Waals surface area contributed by atoms with Crippen molar-refractivity contribution >= 4 is 11.0 Å². The SMILES string of the molecule is CC(C)n1c(-c2cccc(F)c2)nc2cc(CN)ccc21. The van der Waals surface area contributed by atoms with E-state index in [1.165, 1.54) is 12.1 Å². The molecule has 0 aliphatic carbocycles. The van der Waals surface area contributed by atoms with Gasteiger partial charge in [-0.2, -0.15) is 0 Å². The van der Waals surface area contributed by atoms with Gasteiger partial charge in [-0.25, -0.2) is 9.37 Å². The molecule has 1 heterocycles. The molecular formula is C17H18FN3. The first kappa shape index (κ1) is 13.8. The number of imidazole rings is 1. The highest BCUT2D eigenvalue weighted by Gasteiger charge is 2.15. The van der Waals surface area contributed by atoms with Crippen LogP contribution in [0.3, 0.4) is 0 Å². The molecule has 0 spiro atoms. The van der Waals surface area contributed by atoms with Crippen LogP contribution in [0.15, 0.2) is 42.5 Å². The summed E-state index contributed by atoms with van der Waals surface area (Å²) in [4.78, 5) is 4.69. The Bertz CT molecular complexity index is 790. The molecule has 1 aromatic heterocycles. The molecule has 3 nitrogen and oxygen atoms in total. The van der Waals surface area contributed by atoms with Gasteiger partial charge in [0.1, 0.15) is 11.6 Å². The Kier molecular flexibility index (Phi) is 3.47. The van der Waals surface area contributed by atoms with Gasteiger partial charge in [0.25, 0.3) is 0 Å². The van der Waals surface area contributed by atoms with Gasteiger partial charge < -0.3 is 10.3 Å². The van der Waals surface area contributed by atoms with E-state index in [9.17, 15) is 4.39 Å². The molecule has 0 amide bonds. The molecule has 3 rings (SSSR count). The molecule has 0 fully saturated rings. The molecule has 21 heavy (non-hydrogen) atoms. The fourth-order valence-electron chi connectivity index (χ4n) is 2.63. The van der Waals surface area contributed by atoms with Gasteiger partial charge >= 0.3 is 0 Å². The molecule has 0 bridgehead atoms. The predicted octanol–water partition coefficient (Wildman–Crippen LogP) is 3.88. The van der Waals surface area contributed by atoms with Crippen LogP contribution in [-0.2, 0) is 6.54 Å². The minimum atomic E-state index is -0.252. The smallest absolute Gasteiger partial charge is 0.141 e. The first-order chi connectivity index (χ1) is 10.1. The fraction of sp³-hybridized carbons (Fsp3) is 0.235. The normalized spacial score (nSPS) is 11.5. The van der Waals surface area contributed by atoms with Crippen molar-refractivity contribution in [2.45, 2.75) is 26.4 Å². The molecule has 0 aliphatic heterocycles. The predicted molar refractivity (Wildman–Crippen MR) is 83.4 cm³/mol. The number of halogens is 1. The van der Waals surface area contributed by atoms with Crippen LogP contribution in [0.5, 0.6) is 0 Å². The van der Waals surface area contributed by atoms with E-state index in [0.29, 0.717) is 6.54 Å². The van der Waals surface area contributed by atoms with Crippen LogP contribution in [0.25, 0.3) is 22.4 Å². The number of nitrogens with zero attached hydrogens (tertiary/aromatic N) is 2. The first-order valence-corrected chi connectivity index (χ1v) is 7.07. The van der Waals surface area contributed by atoms with Crippen molar-refractivity contribution in [3.05, 3.63) is 53.8 Å². The van der Waals surface area contributed by atoms with Crippen LogP contribution in [0.1, 0.15) is 25.5 Å². The number of fused-ring (bicyclic) bond motifs is 1. The summed E-state index contributed by atoms with van der Waals surface area (Å²) in [6, 6.07) is 12.8. The van der Waals surface area contributed by atoms with Gasteiger partial charge in [0.2, 0.25) is 0 Å². The van der Waals surface area contributed by atoms with E-state index in [4.69, 9.17) is 10.7 Å². The number of nitrogens with two attached hydrogens (primary N) is 1. The van der Waals surface area contributed by atoms with Gasteiger partial charge in [-0.05, 0) is 43.7 Å². The zero-order chi connectivity index (χ0) is 15.0. The Morgan fingerprint density at radius 1 is 1.19 bits per heavy atom. The van der Waals surface area contributed by atoms with Gasteiger partial charge in [0.05, 0.1) is 11.0 Å². The van der Waals surface area contributed by atoms with E-state index in [1.54, 1.807) is 6.07 Å². The number of hydrogen-bond acceptors (Lipinski definition) is 2. The Labute approximate surface area is 123 Å². The highest BCUT2D eigenvalue weighted by Crippen LogP contribution is 2.29. The van der Waals surface area contributed by atoms with E-state index in [0.717, 1.165) is 28.0 Å². The Balaban J connectivity index is 2.28. The van der Waals surface area contributed by atoms with E-state index in [2.05, 4.69) is 18.4 Å². The summed E-state index contributed by atoms with van der Waals surface area (Å²) in [6.45, 7) is 4.68.